The Balaban J connectivity index is 2.33. The first-order valence-electron chi connectivity index (χ1n) is 5.60. The minimum absolute atomic E-state index is 0.376. The summed E-state index contributed by atoms with van der Waals surface area (Å²) in [4.78, 5) is 8.18. The fourth-order valence-electron chi connectivity index (χ4n) is 1.56. The summed E-state index contributed by atoms with van der Waals surface area (Å²) in [6.07, 6.45) is 3.94. The Morgan fingerprint density at radius 2 is 2.00 bits per heavy atom. The van der Waals surface area contributed by atoms with Crippen molar-refractivity contribution in [3.63, 3.8) is 0 Å². The molecule has 1 aromatic heterocycles. The molecule has 4 heteroatoms. The van der Waals surface area contributed by atoms with E-state index < -0.39 is 0 Å². The molecule has 0 N–H and O–H groups in total. The summed E-state index contributed by atoms with van der Waals surface area (Å²) in [6, 6.07) is 9.34. The number of halogens is 1. The molecule has 1 aromatic carbocycles. The SMILES string of the molecule is CC=Cc1ccccc1Oc1cc(Cl)nc(C)n1. The van der Waals surface area contributed by atoms with Gasteiger partial charge in [0.15, 0.2) is 0 Å². The van der Waals surface area contributed by atoms with Crippen LogP contribution in [0.5, 0.6) is 11.6 Å². The number of benzene rings is 1. The first-order valence-corrected chi connectivity index (χ1v) is 5.97. The molecule has 0 aliphatic rings. The number of aryl methyl sites for hydroxylation is 1. The van der Waals surface area contributed by atoms with Gasteiger partial charge in [-0.15, -0.1) is 0 Å². The van der Waals surface area contributed by atoms with Gasteiger partial charge in [-0.2, -0.15) is 4.98 Å². The average molecular weight is 261 g/mol. The minimum Gasteiger partial charge on any atom is -0.438 e. The van der Waals surface area contributed by atoms with E-state index in [4.69, 9.17) is 16.3 Å². The molecule has 0 bridgehead atoms. The second-order valence-corrected chi connectivity index (χ2v) is 4.10. The maximum Gasteiger partial charge on any atom is 0.224 e. The Labute approximate surface area is 111 Å². The molecule has 1 heterocycles. The molecule has 2 aromatic rings. The van der Waals surface area contributed by atoms with E-state index in [0.717, 1.165) is 11.3 Å². The highest BCUT2D eigenvalue weighted by atomic mass is 35.5. The molecule has 0 aliphatic heterocycles. The zero-order valence-electron chi connectivity index (χ0n) is 10.2. The topological polar surface area (TPSA) is 35.0 Å². The van der Waals surface area contributed by atoms with Crippen LogP contribution in [-0.2, 0) is 0 Å². The van der Waals surface area contributed by atoms with E-state index in [2.05, 4.69) is 9.97 Å². The van der Waals surface area contributed by atoms with Crippen LogP contribution in [0.4, 0.5) is 0 Å². The van der Waals surface area contributed by atoms with E-state index in [1.54, 1.807) is 13.0 Å². The van der Waals surface area contributed by atoms with E-state index in [-0.39, 0.29) is 0 Å². The minimum atomic E-state index is 0.376. The maximum absolute atomic E-state index is 5.87. The molecular formula is C14H13ClN2O. The van der Waals surface area contributed by atoms with Crippen LogP contribution in [0.25, 0.3) is 6.08 Å². The maximum atomic E-state index is 5.87. The van der Waals surface area contributed by atoms with Crippen LogP contribution in [0.15, 0.2) is 36.4 Å². The molecule has 0 saturated heterocycles. The van der Waals surface area contributed by atoms with Gasteiger partial charge >= 0.3 is 0 Å². The summed E-state index contributed by atoms with van der Waals surface area (Å²) in [7, 11) is 0. The van der Waals surface area contributed by atoms with Crippen molar-refractivity contribution in [3.05, 3.63) is 52.9 Å². The highest BCUT2D eigenvalue weighted by molar-refractivity contribution is 6.29. The number of hydrogen-bond donors (Lipinski definition) is 0. The fraction of sp³-hybridized carbons (Fsp3) is 0.143. The van der Waals surface area contributed by atoms with Gasteiger partial charge in [-0.1, -0.05) is 42.0 Å². The van der Waals surface area contributed by atoms with Crippen LogP contribution in [-0.4, -0.2) is 9.97 Å². The standard InChI is InChI=1S/C14H13ClN2O/c1-3-6-11-7-4-5-8-12(11)18-14-9-13(15)16-10(2)17-14/h3-9H,1-2H3. The molecule has 0 unspecified atom stereocenters. The molecule has 3 nitrogen and oxygen atoms in total. The number of nitrogens with zero attached hydrogens (tertiary/aromatic N) is 2. The molecule has 0 saturated carbocycles. The van der Waals surface area contributed by atoms with Gasteiger partial charge in [-0.25, -0.2) is 4.98 Å². The summed E-state index contributed by atoms with van der Waals surface area (Å²) < 4.78 is 5.74. The highest BCUT2D eigenvalue weighted by Gasteiger charge is 2.05. The van der Waals surface area contributed by atoms with Gasteiger partial charge < -0.3 is 4.74 Å². The number of hydrogen-bond acceptors (Lipinski definition) is 3. The Morgan fingerprint density at radius 1 is 1.22 bits per heavy atom. The van der Waals surface area contributed by atoms with E-state index >= 15 is 0 Å². The zero-order chi connectivity index (χ0) is 13.0. The van der Waals surface area contributed by atoms with Gasteiger partial charge in [-0.05, 0) is 19.9 Å². The highest BCUT2D eigenvalue weighted by Crippen LogP contribution is 2.26. The molecule has 0 fully saturated rings. The predicted octanol–water partition coefficient (Wildman–Crippen LogP) is 4.26. The summed E-state index contributed by atoms with van der Waals surface area (Å²) in [5, 5.41) is 0.376. The lowest BCUT2D eigenvalue weighted by Gasteiger charge is -2.08. The van der Waals surface area contributed by atoms with Crippen LogP contribution in [0, 0.1) is 6.92 Å². The van der Waals surface area contributed by atoms with Crippen LogP contribution >= 0.6 is 11.6 Å². The van der Waals surface area contributed by atoms with Crippen molar-refractivity contribution in [2.75, 3.05) is 0 Å². The van der Waals surface area contributed by atoms with E-state index in [1.807, 2.05) is 43.3 Å². The Hall–Kier alpha value is -1.87. The van der Waals surface area contributed by atoms with E-state index in [1.165, 1.54) is 0 Å². The fourth-order valence-corrected chi connectivity index (χ4v) is 1.78. The smallest absolute Gasteiger partial charge is 0.224 e. The normalized spacial score (nSPS) is 10.8. The van der Waals surface area contributed by atoms with Crippen LogP contribution in [0.2, 0.25) is 5.15 Å². The van der Waals surface area contributed by atoms with Gasteiger partial charge in [0.2, 0.25) is 5.88 Å². The van der Waals surface area contributed by atoms with Crippen molar-refractivity contribution in [3.8, 4) is 11.6 Å². The summed E-state index contributed by atoms with van der Waals surface area (Å²) in [5.74, 6) is 1.77. The van der Waals surface area contributed by atoms with Crippen molar-refractivity contribution in [1.82, 2.24) is 9.97 Å². The Kier molecular flexibility index (Phi) is 3.95. The third-order valence-corrected chi connectivity index (χ3v) is 2.46. The molecule has 0 atom stereocenters. The largest absolute Gasteiger partial charge is 0.438 e. The second kappa shape index (κ2) is 5.65. The van der Waals surface area contributed by atoms with Crippen LogP contribution in [0.3, 0.4) is 0 Å². The molecule has 0 aliphatic carbocycles. The third-order valence-electron chi connectivity index (χ3n) is 2.26. The molecule has 2 rings (SSSR count). The lowest BCUT2D eigenvalue weighted by Crippen LogP contribution is -1.94. The summed E-state index contributed by atoms with van der Waals surface area (Å²) in [5.41, 5.74) is 0.993. The van der Waals surface area contributed by atoms with Gasteiger partial charge in [0.25, 0.3) is 0 Å². The predicted molar refractivity (Wildman–Crippen MR) is 73.0 cm³/mol. The van der Waals surface area contributed by atoms with E-state index in [0.29, 0.717) is 16.9 Å². The van der Waals surface area contributed by atoms with Crippen molar-refractivity contribution in [1.29, 1.82) is 0 Å². The van der Waals surface area contributed by atoms with Gasteiger partial charge in [0, 0.05) is 11.6 Å². The summed E-state index contributed by atoms with van der Waals surface area (Å²) in [6.45, 7) is 3.74. The Bertz CT molecular complexity index is 562. The molecule has 92 valence electrons. The zero-order valence-corrected chi connectivity index (χ0v) is 11.0. The second-order valence-electron chi connectivity index (χ2n) is 3.72. The monoisotopic (exact) mass is 260 g/mol. The lowest BCUT2D eigenvalue weighted by molar-refractivity contribution is 0.459. The van der Waals surface area contributed by atoms with Crippen molar-refractivity contribution < 1.29 is 4.74 Å². The molecule has 0 spiro atoms. The first kappa shape index (κ1) is 12.6. The van der Waals surface area contributed by atoms with Crippen molar-refractivity contribution in [2.24, 2.45) is 0 Å². The van der Waals surface area contributed by atoms with Crippen LogP contribution < -0.4 is 4.74 Å². The third kappa shape index (κ3) is 3.08. The number of aromatic nitrogens is 2. The Morgan fingerprint density at radius 3 is 2.72 bits per heavy atom. The molecular weight excluding hydrogens is 248 g/mol. The number of allylic oxidation sites excluding steroid dienone is 1. The van der Waals surface area contributed by atoms with Crippen molar-refractivity contribution in [2.45, 2.75) is 13.8 Å². The van der Waals surface area contributed by atoms with Crippen LogP contribution in [0.1, 0.15) is 18.3 Å². The first-order chi connectivity index (χ1) is 8.69. The quantitative estimate of drug-likeness (QED) is 0.774. The number of rotatable bonds is 3. The van der Waals surface area contributed by atoms with Gasteiger partial charge in [-0.3, -0.25) is 0 Å². The number of para-hydroxylation sites is 1. The average Bonchev–Trinajstić information content (AvgIpc) is 2.30. The van der Waals surface area contributed by atoms with E-state index in [9.17, 15) is 0 Å². The number of ether oxygens (including phenoxy) is 1. The van der Waals surface area contributed by atoms with Gasteiger partial charge in [0.1, 0.15) is 16.7 Å². The molecule has 0 radical (unpaired) electrons. The van der Waals surface area contributed by atoms with Crippen molar-refractivity contribution >= 4 is 17.7 Å². The molecule has 18 heavy (non-hydrogen) atoms. The lowest BCUT2D eigenvalue weighted by atomic mass is 10.2. The molecule has 0 amide bonds. The van der Waals surface area contributed by atoms with Gasteiger partial charge in [0.05, 0.1) is 0 Å². The summed E-state index contributed by atoms with van der Waals surface area (Å²) >= 11 is 5.87.